The van der Waals surface area contributed by atoms with Crippen molar-refractivity contribution in [2.75, 3.05) is 4.90 Å². The van der Waals surface area contributed by atoms with Gasteiger partial charge in [-0.2, -0.15) is 13.2 Å². The molecule has 0 N–H and O–H groups in total. The number of carbonyl (C=O) groups is 1. The number of rotatable bonds is 5. The quantitative estimate of drug-likeness (QED) is 0.408. The normalized spacial score (nSPS) is 17.8. The Hall–Kier alpha value is -2.54. The number of fused-ring (bicyclic) bond motifs is 3. The molecule has 1 aliphatic heterocycles. The molecule has 2 aromatic carbocycles. The second-order valence-corrected chi connectivity index (χ2v) is 9.52. The highest BCUT2D eigenvalue weighted by molar-refractivity contribution is 6.31. The van der Waals surface area contributed by atoms with E-state index in [-0.39, 0.29) is 25.4 Å². The van der Waals surface area contributed by atoms with Crippen LogP contribution in [0.1, 0.15) is 56.3 Å². The summed E-state index contributed by atoms with van der Waals surface area (Å²) < 4.78 is 40.2. The summed E-state index contributed by atoms with van der Waals surface area (Å²) in [6, 6.07) is 13.1. The average molecular weight is 476 g/mol. The van der Waals surface area contributed by atoms with Gasteiger partial charge in [-0.05, 0) is 49.1 Å². The van der Waals surface area contributed by atoms with Crippen LogP contribution in [-0.2, 0) is 23.3 Å². The van der Waals surface area contributed by atoms with Gasteiger partial charge in [-0.25, -0.2) is 4.98 Å². The molecule has 5 rings (SSSR count). The van der Waals surface area contributed by atoms with Crippen molar-refractivity contribution in [2.45, 2.75) is 69.6 Å². The number of hydrogen-bond donors (Lipinski definition) is 0. The molecule has 1 saturated carbocycles. The number of anilines is 1. The van der Waals surface area contributed by atoms with Crippen LogP contribution in [-0.4, -0.2) is 21.6 Å². The lowest BCUT2D eigenvalue weighted by molar-refractivity contribution is -0.135. The zero-order chi connectivity index (χ0) is 23.2. The Bertz CT molecular complexity index is 1200. The molecule has 0 radical (unpaired) electrons. The minimum atomic E-state index is -4.21. The van der Waals surface area contributed by atoms with Crippen molar-refractivity contribution in [3.63, 3.8) is 0 Å². The van der Waals surface area contributed by atoms with Gasteiger partial charge in [0.2, 0.25) is 5.91 Å². The number of alkyl halides is 3. The summed E-state index contributed by atoms with van der Waals surface area (Å²) >= 11 is 6.14. The zero-order valence-electron chi connectivity index (χ0n) is 18.2. The van der Waals surface area contributed by atoms with E-state index in [4.69, 9.17) is 16.6 Å². The molecule has 1 aromatic heterocycles. The Morgan fingerprint density at radius 3 is 2.58 bits per heavy atom. The molecule has 0 unspecified atom stereocenters. The van der Waals surface area contributed by atoms with Crippen LogP contribution < -0.4 is 4.90 Å². The lowest BCUT2D eigenvalue weighted by atomic mass is 9.70. The number of amides is 1. The fourth-order valence-electron chi connectivity index (χ4n) is 5.49. The Kier molecular flexibility index (Phi) is 5.63. The van der Waals surface area contributed by atoms with Gasteiger partial charge in [-0.1, -0.05) is 49.1 Å². The highest BCUT2D eigenvalue weighted by Crippen LogP contribution is 2.50. The molecule has 1 fully saturated rings. The monoisotopic (exact) mass is 475 g/mol. The molecule has 8 heteroatoms. The molecule has 1 spiro atoms. The molecular weight excluding hydrogens is 451 g/mol. The second kappa shape index (κ2) is 8.35. The first-order valence-corrected chi connectivity index (χ1v) is 11.8. The van der Waals surface area contributed by atoms with Crippen molar-refractivity contribution >= 4 is 34.2 Å². The van der Waals surface area contributed by atoms with E-state index >= 15 is 0 Å². The maximum absolute atomic E-state index is 13.8. The lowest BCUT2D eigenvalue weighted by Crippen LogP contribution is -2.41. The maximum atomic E-state index is 13.8. The highest BCUT2D eigenvalue weighted by Gasteiger charge is 2.50. The summed E-state index contributed by atoms with van der Waals surface area (Å²) in [5, 5.41) is 0.512. The first-order chi connectivity index (χ1) is 15.8. The third kappa shape index (κ3) is 4.01. The third-order valence-electron chi connectivity index (χ3n) is 7.00. The van der Waals surface area contributed by atoms with Crippen LogP contribution in [0.5, 0.6) is 0 Å². The summed E-state index contributed by atoms with van der Waals surface area (Å²) in [7, 11) is 0. The Morgan fingerprint density at radius 1 is 1.06 bits per heavy atom. The van der Waals surface area contributed by atoms with Crippen LogP contribution in [0, 0.1) is 0 Å². The molecular formula is C25H25ClF3N3O. The van der Waals surface area contributed by atoms with Crippen LogP contribution >= 0.6 is 11.6 Å². The van der Waals surface area contributed by atoms with E-state index in [1.807, 2.05) is 24.3 Å². The largest absolute Gasteiger partial charge is 0.389 e. The first kappa shape index (κ1) is 22.3. The highest BCUT2D eigenvalue weighted by atomic mass is 35.5. The lowest BCUT2D eigenvalue weighted by Gasteiger charge is -2.32. The minimum absolute atomic E-state index is 0.0565. The zero-order valence-corrected chi connectivity index (χ0v) is 18.9. The number of benzene rings is 2. The molecule has 1 amide bonds. The summed E-state index contributed by atoms with van der Waals surface area (Å²) in [6.45, 7) is 0.387. The number of hydrogen-bond acceptors (Lipinski definition) is 2. The standard InChI is InChI=1S/C25H25ClF3N3O/c26-17-9-10-21-19(15-17)30-22(31(21)14-6-13-25(27,28)29)16-32-20-8-3-2-7-18(20)24(23(32)33)11-4-1-5-12-24/h2-3,7-10,15H,1,4-6,11-14,16H2. The molecule has 0 atom stereocenters. The number of carbonyl (C=O) groups excluding carboxylic acids is 1. The number of imidazole rings is 1. The van der Waals surface area contributed by atoms with Gasteiger partial charge in [-0.3, -0.25) is 4.79 Å². The van der Waals surface area contributed by atoms with Crippen LogP contribution in [0.15, 0.2) is 42.5 Å². The smallest absolute Gasteiger partial charge is 0.326 e. The summed E-state index contributed by atoms with van der Waals surface area (Å²) in [5.41, 5.74) is 2.81. The van der Waals surface area contributed by atoms with Crippen LogP contribution in [0.4, 0.5) is 18.9 Å². The summed E-state index contributed by atoms with van der Waals surface area (Å²) in [6.07, 6.45) is -0.309. The number of aryl methyl sites for hydroxylation is 1. The summed E-state index contributed by atoms with van der Waals surface area (Å²) in [4.78, 5) is 20.3. The Labute approximate surface area is 195 Å². The number of para-hydroxylation sites is 1. The van der Waals surface area contributed by atoms with Crippen molar-refractivity contribution in [3.05, 3.63) is 58.9 Å². The van der Waals surface area contributed by atoms with E-state index in [0.717, 1.165) is 48.9 Å². The van der Waals surface area contributed by atoms with Crippen LogP contribution in [0.3, 0.4) is 0 Å². The van der Waals surface area contributed by atoms with Gasteiger partial charge in [-0.15, -0.1) is 0 Å². The number of aromatic nitrogens is 2. The van der Waals surface area contributed by atoms with Crippen molar-refractivity contribution in [1.29, 1.82) is 0 Å². The molecule has 174 valence electrons. The van der Waals surface area contributed by atoms with E-state index in [9.17, 15) is 18.0 Å². The molecule has 3 aromatic rings. The Balaban J connectivity index is 1.52. The topological polar surface area (TPSA) is 38.1 Å². The molecule has 33 heavy (non-hydrogen) atoms. The molecule has 4 nitrogen and oxygen atoms in total. The maximum Gasteiger partial charge on any atom is 0.389 e. The van der Waals surface area contributed by atoms with Crippen molar-refractivity contribution in [1.82, 2.24) is 9.55 Å². The molecule has 2 heterocycles. The van der Waals surface area contributed by atoms with E-state index in [2.05, 4.69) is 0 Å². The van der Waals surface area contributed by atoms with E-state index in [1.54, 1.807) is 27.7 Å². The predicted molar refractivity (Wildman–Crippen MR) is 122 cm³/mol. The SMILES string of the molecule is O=C1N(Cc2nc3cc(Cl)ccc3n2CCCC(F)(F)F)c2ccccc2C12CCCCC2. The van der Waals surface area contributed by atoms with Crippen LogP contribution in [0.2, 0.25) is 5.02 Å². The fraction of sp³-hybridized carbons (Fsp3) is 0.440. The van der Waals surface area contributed by atoms with E-state index in [1.165, 1.54) is 0 Å². The van der Waals surface area contributed by atoms with Gasteiger partial charge in [0, 0.05) is 23.7 Å². The van der Waals surface area contributed by atoms with Gasteiger partial charge in [0.05, 0.1) is 23.0 Å². The van der Waals surface area contributed by atoms with Crippen molar-refractivity contribution < 1.29 is 18.0 Å². The summed E-state index contributed by atoms with van der Waals surface area (Å²) in [5.74, 6) is 0.654. The number of halogens is 4. The van der Waals surface area contributed by atoms with Crippen LogP contribution in [0.25, 0.3) is 11.0 Å². The molecule has 0 saturated heterocycles. The van der Waals surface area contributed by atoms with Crippen molar-refractivity contribution in [3.8, 4) is 0 Å². The molecule has 0 bridgehead atoms. The van der Waals surface area contributed by atoms with E-state index < -0.39 is 18.0 Å². The second-order valence-electron chi connectivity index (χ2n) is 9.08. The van der Waals surface area contributed by atoms with E-state index in [0.29, 0.717) is 16.4 Å². The molecule has 1 aliphatic carbocycles. The average Bonchev–Trinajstić information content (AvgIpc) is 3.22. The Morgan fingerprint density at radius 2 is 1.82 bits per heavy atom. The van der Waals surface area contributed by atoms with Gasteiger partial charge >= 0.3 is 6.18 Å². The predicted octanol–water partition coefficient (Wildman–Crippen LogP) is 6.78. The third-order valence-corrected chi connectivity index (χ3v) is 7.24. The molecule has 2 aliphatic rings. The van der Waals surface area contributed by atoms with Gasteiger partial charge in [0.25, 0.3) is 0 Å². The van der Waals surface area contributed by atoms with Gasteiger partial charge in [0.15, 0.2) is 0 Å². The van der Waals surface area contributed by atoms with Crippen molar-refractivity contribution in [2.24, 2.45) is 0 Å². The van der Waals surface area contributed by atoms with Gasteiger partial charge < -0.3 is 9.47 Å². The number of nitrogens with zero attached hydrogens (tertiary/aromatic N) is 3. The minimum Gasteiger partial charge on any atom is -0.326 e. The fourth-order valence-corrected chi connectivity index (χ4v) is 5.66. The first-order valence-electron chi connectivity index (χ1n) is 11.4. The van der Waals surface area contributed by atoms with Gasteiger partial charge in [0.1, 0.15) is 5.82 Å².